The Morgan fingerprint density at radius 1 is 1.16 bits per heavy atom. The molecular weight excluding hydrogens is 478 g/mol. The summed E-state index contributed by atoms with van der Waals surface area (Å²) in [5, 5.41) is 8.37. The first-order valence-corrected chi connectivity index (χ1v) is 11.0. The summed E-state index contributed by atoms with van der Waals surface area (Å²) in [7, 11) is 0. The Bertz CT molecular complexity index is 963. The van der Waals surface area contributed by atoms with Crippen LogP contribution in [0.15, 0.2) is 59.6 Å². The first-order valence-electron chi connectivity index (χ1n) is 9.84. The molecule has 2 aromatic rings. The van der Waals surface area contributed by atoms with Crippen molar-refractivity contribution in [2.75, 3.05) is 18.5 Å². The largest absolute Gasteiger partial charge is 0.493 e. The lowest BCUT2D eigenvalue weighted by Crippen LogP contribution is -2.35. The van der Waals surface area contributed by atoms with Crippen molar-refractivity contribution in [3.05, 3.63) is 70.7 Å². The number of anilines is 1. The zero-order chi connectivity index (χ0) is 22.8. The summed E-state index contributed by atoms with van der Waals surface area (Å²) < 4.78 is 6.55. The molecule has 0 radical (unpaired) electrons. The molecule has 0 aromatic heterocycles. The second kappa shape index (κ2) is 12.2. The SMILES string of the molecule is C=CCNC(=O)c1ccccc1NC(=S)NC(=O)c1cc(Br)ccc1OCCC(C)C. The number of ether oxygens (including phenoxy) is 1. The van der Waals surface area contributed by atoms with Crippen molar-refractivity contribution in [2.24, 2.45) is 5.92 Å². The molecule has 31 heavy (non-hydrogen) atoms. The predicted molar refractivity (Wildman–Crippen MR) is 132 cm³/mol. The third kappa shape index (κ3) is 7.80. The molecule has 0 aliphatic carbocycles. The van der Waals surface area contributed by atoms with Crippen molar-refractivity contribution in [1.82, 2.24) is 10.6 Å². The van der Waals surface area contributed by atoms with Gasteiger partial charge in [-0.3, -0.25) is 14.9 Å². The summed E-state index contributed by atoms with van der Waals surface area (Å²) in [6, 6.07) is 12.1. The number of amides is 2. The second-order valence-corrected chi connectivity index (χ2v) is 8.45. The third-order valence-electron chi connectivity index (χ3n) is 4.19. The van der Waals surface area contributed by atoms with E-state index >= 15 is 0 Å². The van der Waals surface area contributed by atoms with E-state index in [2.05, 4.69) is 52.3 Å². The molecule has 0 atom stereocenters. The van der Waals surface area contributed by atoms with Crippen LogP contribution in [0.5, 0.6) is 5.75 Å². The van der Waals surface area contributed by atoms with Gasteiger partial charge in [0, 0.05) is 11.0 Å². The van der Waals surface area contributed by atoms with Crippen LogP contribution in [0.2, 0.25) is 0 Å². The highest BCUT2D eigenvalue weighted by atomic mass is 79.9. The Kier molecular flexibility index (Phi) is 9.68. The van der Waals surface area contributed by atoms with Gasteiger partial charge in [-0.25, -0.2) is 0 Å². The molecule has 3 N–H and O–H groups in total. The molecule has 0 fully saturated rings. The fraction of sp³-hybridized carbons (Fsp3) is 0.261. The zero-order valence-electron chi connectivity index (χ0n) is 17.5. The lowest BCUT2D eigenvalue weighted by atomic mass is 10.1. The molecule has 0 heterocycles. The van der Waals surface area contributed by atoms with Gasteiger partial charge < -0.3 is 15.4 Å². The molecular formula is C23H26BrN3O3S. The van der Waals surface area contributed by atoms with E-state index in [9.17, 15) is 9.59 Å². The van der Waals surface area contributed by atoms with Crippen LogP contribution in [0, 0.1) is 5.92 Å². The fourth-order valence-electron chi connectivity index (χ4n) is 2.58. The summed E-state index contributed by atoms with van der Waals surface area (Å²) in [6.45, 7) is 8.66. The molecule has 0 saturated heterocycles. The Morgan fingerprint density at radius 2 is 1.90 bits per heavy atom. The summed E-state index contributed by atoms with van der Waals surface area (Å²) in [5.74, 6) is 0.290. The molecule has 164 valence electrons. The van der Waals surface area contributed by atoms with E-state index in [1.165, 1.54) is 0 Å². The molecule has 0 aliphatic heterocycles. The van der Waals surface area contributed by atoms with Gasteiger partial charge in [-0.15, -0.1) is 6.58 Å². The smallest absolute Gasteiger partial charge is 0.261 e. The minimum atomic E-state index is -0.410. The normalized spacial score (nSPS) is 10.3. The lowest BCUT2D eigenvalue weighted by molar-refractivity contribution is 0.0955. The van der Waals surface area contributed by atoms with E-state index in [0.717, 1.165) is 10.9 Å². The Balaban J connectivity index is 2.10. The van der Waals surface area contributed by atoms with Crippen LogP contribution in [-0.2, 0) is 0 Å². The molecule has 0 spiro atoms. The summed E-state index contributed by atoms with van der Waals surface area (Å²) in [5.41, 5.74) is 1.25. The average molecular weight is 504 g/mol. The van der Waals surface area contributed by atoms with Crippen LogP contribution in [0.25, 0.3) is 0 Å². The van der Waals surface area contributed by atoms with Crippen molar-refractivity contribution in [1.29, 1.82) is 0 Å². The van der Waals surface area contributed by atoms with Crippen LogP contribution < -0.4 is 20.7 Å². The van der Waals surface area contributed by atoms with Gasteiger partial charge in [0.2, 0.25) is 0 Å². The molecule has 8 heteroatoms. The van der Waals surface area contributed by atoms with E-state index in [-0.39, 0.29) is 11.0 Å². The summed E-state index contributed by atoms with van der Waals surface area (Å²) >= 11 is 8.69. The molecule has 2 aromatic carbocycles. The maximum atomic E-state index is 12.8. The highest BCUT2D eigenvalue weighted by molar-refractivity contribution is 9.10. The standard InChI is InChI=1S/C23H26BrN3O3S/c1-4-12-25-21(28)17-7-5-6-8-19(17)26-23(31)27-22(29)18-14-16(24)9-10-20(18)30-13-11-15(2)3/h4-10,14-15H,1,11-13H2,2-3H3,(H,25,28)(H2,26,27,29,31). The molecule has 0 saturated carbocycles. The van der Waals surface area contributed by atoms with Crippen LogP contribution in [0.1, 0.15) is 41.0 Å². The quantitative estimate of drug-likeness (QED) is 0.334. The minimum absolute atomic E-state index is 0.0714. The first-order chi connectivity index (χ1) is 14.8. The van der Waals surface area contributed by atoms with Gasteiger partial charge in [0.15, 0.2) is 5.11 Å². The van der Waals surface area contributed by atoms with Crippen LogP contribution >= 0.6 is 28.1 Å². The summed E-state index contributed by atoms with van der Waals surface area (Å²) in [4.78, 5) is 25.2. The van der Waals surface area contributed by atoms with E-state index in [1.54, 1.807) is 42.5 Å². The van der Waals surface area contributed by atoms with Gasteiger partial charge in [-0.05, 0) is 54.9 Å². The first kappa shape index (κ1) is 24.6. The maximum Gasteiger partial charge on any atom is 0.261 e. The zero-order valence-corrected chi connectivity index (χ0v) is 19.9. The van der Waals surface area contributed by atoms with E-state index < -0.39 is 5.91 Å². The number of benzene rings is 2. The Labute approximate surface area is 196 Å². The Hall–Kier alpha value is -2.71. The number of halogens is 1. The Morgan fingerprint density at radius 3 is 2.61 bits per heavy atom. The number of para-hydroxylation sites is 1. The number of carbonyl (C=O) groups excluding carboxylic acids is 2. The van der Waals surface area contributed by atoms with Crippen LogP contribution in [-0.4, -0.2) is 30.1 Å². The highest BCUT2D eigenvalue weighted by Crippen LogP contribution is 2.24. The van der Waals surface area contributed by atoms with E-state index in [4.69, 9.17) is 17.0 Å². The van der Waals surface area contributed by atoms with Gasteiger partial charge in [-0.2, -0.15) is 0 Å². The molecule has 0 bridgehead atoms. The van der Waals surface area contributed by atoms with Crippen molar-refractivity contribution in [2.45, 2.75) is 20.3 Å². The molecule has 6 nitrogen and oxygen atoms in total. The van der Waals surface area contributed by atoms with Crippen molar-refractivity contribution >= 4 is 50.8 Å². The summed E-state index contributed by atoms with van der Waals surface area (Å²) in [6.07, 6.45) is 2.47. The van der Waals surface area contributed by atoms with Gasteiger partial charge in [0.1, 0.15) is 5.75 Å². The highest BCUT2D eigenvalue weighted by Gasteiger charge is 2.17. The van der Waals surface area contributed by atoms with Crippen LogP contribution in [0.4, 0.5) is 5.69 Å². The van der Waals surface area contributed by atoms with Gasteiger partial charge >= 0.3 is 0 Å². The van der Waals surface area contributed by atoms with Gasteiger partial charge in [0.25, 0.3) is 11.8 Å². The van der Waals surface area contributed by atoms with Crippen molar-refractivity contribution in [3.8, 4) is 5.75 Å². The van der Waals surface area contributed by atoms with Crippen molar-refractivity contribution in [3.63, 3.8) is 0 Å². The molecule has 2 amide bonds. The van der Waals surface area contributed by atoms with Crippen LogP contribution in [0.3, 0.4) is 0 Å². The third-order valence-corrected chi connectivity index (χ3v) is 4.89. The number of carbonyl (C=O) groups is 2. The average Bonchev–Trinajstić information content (AvgIpc) is 2.73. The maximum absolute atomic E-state index is 12.8. The number of nitrogens with one attached hydrogen (secondary N) is 3. The number of hydrogen-bond donors (Lipinski definition) is 3. The van der Waals surface area contributed by atoms with E-state index in [1.807, 2.05) is 6.07 Å². The van der Waals surface area contributed by atoms with E-state index in [0.29, 0.717) is 41.6 Å². The fourth-order valence-corrected chi connectivity index (χ4v) is 3.15. The monoisotopic (exact) mass is 503 g/mol. The molecule has 2 rings (SSSR count). The molecule has 0 aliphatic rings. The second-order valence-electron chi connectivity index (χ2n) is 7.12. The lowest BCUT2D eigenvalue weighted by Gasteiger charge is -2.15. The predicted octanol–water partition coefficient (Wildman–Crippen LogP) is 4.92. The topological polar surface area (TPSA) is 79.5 Å². The molecule has 0 unspecified atom stereocenters. The van der Waals surface area contributed by atoms with Gasteiger partial charge in [0.05, 0.1) is 23.4 Å². The van der Waals surface area contributed by atoms with Crippen molar-refractivity contribution < 1.29 is 14.3 Å². The number of thiocarbonyl (C=S) groups is 1. The minimum Gasteiger partial charge on any atom is -0.493 e. The van der Waals surface area contributed by atoms with Gasteiger partial charge in [-0.1, -0.05) is 48.0 Å². The number of hydrogen-bond acceptors (Lipinski definition) is 4. The number of rotatable bonds is 9.